The molecule has 0 aromatic heterocycles. The first-order valence-electron chi connectivity index (χ1n) is 9.62. The van der Waals surface area contributed by atoms with Crippen LogP contribution in [0, 0.1) is 12.8 Å². The summed E-state index contributed by atoms with van der Waals surface area (Å²) in [5, 5.41) is 9.98. The predicted molar refractivity (Wildman–Crippen MR) is 129 cm³/mol. The number of likely N-dealkylation sites (tertiary alicyclic amines) is 1. The molecule has 0 radical (unpaired) electrons. The number of benzene rings is 1. The maximum Gasteiger partial charge on any atom is 0.226 e. The van der Waals surface area contributed by atoms with Gasteiger partial charge in [0.25, 0.3) is 0 Å². The minimum absolute atomic E-state index is 0. The second kappa shape index (κ2) is 12.2. The maximum atomic E-state index is 12.2. The summed E-state index contributed by atoms with van der Waals surface area (Å²) in [6, 6.07) is 5.60. The largest absolute Gasteiger partial charge is 0.356 e. The molecule has 3 N–H and O–H groups in total. The molecule has 1 saturated heterocycles. The van der Waals surface area contributed by atoms with Crippen molar-refractivity contribution in [3.8, 4) is 0 Å². The fourth-order valence-corrected chi connectivity index (χ4v) is 3.26. The second-order valence-electron chi connectivity index (χ2n) is 7.28. The number of carbonyl (C=O) groups is 2. The van der Waals surface area contributed by atoms with E-state index < -0.39 is 0 Å². The molecule has 0 saturated carbocycles. The number of guanidine groups is 1. The Morgan fingerprint density at radius 3 is 2.72 bits per heavy atom. The van der Waals surface area contributed by atoms with Crippen molar-refractivity contribution >= 4 is 59.0 Å². The molecule has 1 aliphatic rings. The van der Waals surface area contributed by atoms with Crippen LogP contribution in [0.25, 0.3) is 0 Å². The van der Waals surface area contributed by atoms with Crippen molar-refractivity contribution in [2.45, 2.75) is 39.7 Å². The molecule has 1 fully saturated rings. The van der Waals surface area contributed by atoms with Crippen molar-refractivity contribution in [3.63, 3.8) is 0 Å². The summed E-state index contributed by atoms with van der Waals surface area (Å²) in [6.45, 7) is 7.59. The molecule has 0 aliphatic carbocycles. The summed E-state index contributed by atoms with van der Waals surface area (Å²) in [6.07, 6.45) is 1.18. The fraction of sp³-hybridized carbons (Fsp3) is 0.550. The molecular formula is C20H31ClIN5O2. The number of aliphatic imine (C=N–C) groups is 1. The standard InChI is InChI=1S/C20H30ClN5O2.HI/c1-13(2)19(28)26-11-9-15(12-26)24-20(22-4)23-10-8-18(27)25-17-7-5-6-16(21)14(17)3;/h5-7,13,15H,8-12H2,1-4H3,(H,25,27)(H2,22,23,24);1H. The number of nitrogens with zero attached hydrogens (tertiary/aromatic N) is 2. The minimum Gasteiger partial charge on any atom is -0.356 e. The topological polar surface area (TPSA) is 85.8 Å². The monoisotopic (exact) mass is 535 g/mol. The molecule has 1 unspecified atom stereocenters. The first kappa shape index (κ1) is 25.5. The molecule has 1 aliphatic heterocycles. The van der Waals surface area contributed by atoms with E-state index in [0.717, 1.165) is 24.2 Å². The van der Waals surface area contributed by atoms with Crippen molar-refractivity contribution in [1.82, 2.24) is 15.5 Å². The van der Waals surface area contributed by atoms with E-state index in [4.69, 9.17) is 11.6 Å². The third-order valence-corrected chi connectivity index (χ3v) is 5.15. The van der Waals surface area contributed by atoms with Gasteiger partial charge in [-0.15, -0.1) is 24.0 Å². The number of carbonyl (C=O) groups excluding carboxylic acids is 2. The highest BCUT2D eigenvalue weighted by molar-refractivity contribution is 14.0. The summed E-state index contributed by atoms with van der Waals surface area (Å²) in [5.74, 6) is 0.733. The van der Waals surface area contributed by atoms with Crippen molar-refractivity contribution in [2.24, 2.45) is 10.9 Å². The molecule has 1 atom stereocenters. The van der Waals surface area contributed by atoms with Crippen LogP contribution in [0.5, 0.6) is 0 Å². The summed E-state index contributed by atoms with van der Waals surface area (Å²) < 4.78 is 0. The van der Waals surface area contributed by atoms with Gasteiger partial charge in [0.15, 0.2) is 5.96 Å². The Morgan fingerprint density at radius 1 is 1.34 bits per heavy atom. The number of amides is 2. The summed E-state index contributed by atoms with van der Waals surface area (Å²) in [4.78, 5) is 30.4. The molecule has 0 bridgehead atoms. The number of hydrogen-bond acceptors (Lipinski definition) is 3. The van der Waals surface area contributed by atoms with Crippen LogP contribution in [0.15, 0.2) is 23.2 Å². The SMILES string of the molecule is CN=C(NCCC(=O)Nc1cccc(Cl)c1C)NC1CCN(C(=O)C(C)C)C1.I. The zero-order valence-corrected chi connectivity index (χ0v) is 20.5. The molecule has 1 heterocycles. The Balaban J connectivity index is 0.00000420. The van der Waals surface area contributed by atoms with Crippen molar-refractivity contribution in [2.75, 3.05) is 32.0 Å². The van der Waals surface area contributed by atoms with Gasteiger partial charge in [-0.25, -0.2) is 0 Å². The van der Waals surface area contributed by atoms with E-state index in [9.17, 15) is 9.59 Å². The molecule has 9 heteroatoms. The third-order valence-electron chi connectivity index (χ3n) is 4.74. The Kier molecular flexibility index (Phi) is 10.7. The molecule has 7 nitrogen and oxygen atoms in total. The highest BCUT2D eigenvalue weighted by Crippen LogP contribution is 2.22. The highest BCUT2D eigenvalue weighted by Gasteiger charge is 2.27. The van der Waals surface area contributed by atoms with Crippen LogP contribution in [0.3, 0.4) is 0 Å². The minimum atomic E-state index is -0.0945. The maximum absolute atomic E-state index is 12.2. The lowest BCUT2D eigenvalue weighted by atomic mass is 10.2. The molecule has 0 spiro atoms. The zero-order valence-electron chi connectivity index (χ0n) is 17.4. The lowest BCUT2D eigenvalue weighted by molar-refractivity contribution is -0.133. The van der Waals surface area contributed by atoms with Crippen molar-refractivity contribution < 1.29 is 9.59 Å². The average molecular weight is 536 g/mol. The number of rotatable bonds is 6. The number of nitrogens with one attached hydrogen (secondary N) is 3. The van der Waals surface area contributed by atoms with E-state index in [1.807, 2.05) is 37.8 Å². The zero-order chi connectivity index (χ0) is 20.7. The second-order valence-corrected chi connectivity index (χ2v) is 7.69. The fourth-order valence-electron chi connectivity index (χ4n) is 3.08. The van der Waals surface area contributed by atoms with Crippen LogP contribution < -0.4 is 16.0 Å². The Hall–Kier alpha value is -1.55. The van der Waals surface area contributed by atoms with E-state index in [-0.39, 0.29) is 47.8 Å². The van der Waals surface area contributed by atoms with Gasteiger partial charge in [-0.2, -0.15) is 0 Å². The van der Waals surface area contributed by atoms with Crippen LogP contribution in [-0.2, 0) is 9.59 Å². The van der Waals surface area contributed by atoms with Crippen LogP contribution in [0.1, 0.15) is 32.3 Å². The van der Waals surface area contributed by atoms with Crippen molar-refractivity contribution in [1.29, 1.82) is 0 Å². The molecule has 2 rings (SSSR count). The summed E-state index contributed by atoms with van der Waals surface area (Å²) >= 11 is 6.08. The van der Waals surface area contributed by atoms with Crippen LogP contribution in [-0.4, -0.2) is 55.4 Å². The van der Waals surface area contributed by atoms with Gasteiger partial charge in [0.1, 0.15) is 0 Å². The lowest BCUT2D eigenvalue weighted by Gasteiger charge is -2.20. The van der Waals surface area contributed by atoms with E-state index in [2.05, 4.69) is 20.9 Å². The Bertz CT molecular complexity index is 742. The smallest absolute Gasteiger partial charge is 0.226 e. The Morgan fingerprint density at radius 2 is 2.07 bits per heavy atom. The van der Waals surface area contributed by atoms with Crippen LogP contribution in [0.4, 0.5) is 5.69 Å². The number of halogens is 2. The predicted octanol–water partition coefficient (Wildman–Crippen LogP) is 3.02. The molecule has 162 valence electrons. The van der Waals surface area contributed by atoms with Gasteiger partial charge >= 0.3 is 0 Å². The van der Waals surface area contributed by atoms with Gasteiger partial charge in [0.05, 0.1) is 0 Å². The van der Waals surface area contributed by atoms with Gasteiger partial charge in [-0.3, -0.25) is 14.6 Å². The van der Waals surface area contributed by atoms with Gasteiger partial charge in [-0.05, 0) is 31.0 Å². The quantitative estimate of drug-likeness (QED) is 0.297. The molecule has 1 aromatic rings. The van der Waals surface area contributed by atoms with Crippen LogP contribution >= 0.6 is 35.6 Å². The van der Waals surface area contributed by atoms with E-state index in [1.54, 1.807) is 13.1 Å². The van der Waals surface area contributed by atoms with Gasteiger partial charge < -0.3 is 20.9 Å². The normalized spacial score (nSPS) is 16.4. The average Bonchev–Trinajstić information content (AvgIpc) is 3.12. The summed E-state index contributed by atoms with van der Waals surface area (Å²) in [5.41, 5.74) is 1.57. The first-order chi connectivity index (χ1) is 13.3. The van der Waals surface area contributed by atoms with E-state index in [0.29, 0.717) is 30.5 Å². The van der Waals surface area contributed by atoms with Crippen molar-refractivity contribution in [3.05, 3.63) is 28.8 Å². The number of hydrogen-bond donors (Lipinski definition) is 3. The lowest BCUT2D eigenvalue weighted by Crippen LogP contribution is -2.45. The molecule has 29 heavy (non-hydrogen) atoms. The Labute approximate surface area is 195 Å². The van der Waals surface area contributed by atoms with Gasteiger partial charge in [0.2, 0.25) is 11.8 Å². The van der Waals surface area contributed by atoms with Gasteiger partial charge in [-0.1, -0.05) is 31.5 Å². The third kappa shape index (κ3) is 7.65. The van der Waals surface area contributed by atoms with E-state index >= 15 is 0 Å². The van der Waals surface area contributed by atoms with E-state index in [1.165, 1.54) is 0 Å². The summed E-state index contributed by atoms with van der Waals surface area (Å²) in [7, 11) is 1.69. The molecular weight excluding hydrogens is 505 g/mol. The number of anilines is 1. The molecule has 1 aromatic carbocycles. The molecule has 2 amide bonds. The first-order valence-corrected chi connectivity index (χ1v) is 10.0. The highest BCUT2D eigenvalue weighted by atomic mass is 127. The van der Waals surface area contributed by atoms with Gasteiger partial charge in [0, 0.05) is 55.8 Å². The van der Waals surface area contributed by atoms with Crippen LogP contribution in [0.2, 0.25) is 5.02 Å².